The summed E-state index contributed by atoms with van der Waals surface area (Å²) in [6.07, 6.45) is 2.50. The molecule has 0 N–H and O–H groups in total. The average molecular weight is 305 g/mol. The van der Waals surface area contributed by atoms with E-state index < -0.39 is 6.29 Å². The Bertz CT molecular complexity index is 476. The quantitative estimate of drug-likeness (QED) is 0.544. The Labute approximate surface area is 133 Å². The molecule has 0 aromatic heterocycles. The molecule has 0 saturated carbocycles. The van der Waals surface area contributed by atoms with E-state index in [4.69, 9.17) is 9.47 Å². The average Bonchev–Trinajstić information content (AvgIpc) is 2.51. The van der Waals surface area contributed by atoms with Gasteiger partial charge in [0, 0.05) is 21.1 Å². The van der Waals surface area contributed by atoms with E-state index in [2.05, 4.69) is 19.9 Å². The largest absolute Gasteiger partial charge is 0.354 e. The number of allylic oxidation sites excluding steroid dienone is 1. The third-order valence-electron chi connectivity index (χ3n) is 3.59. The van der Waals surface area contributed by atoms with Crippen LogP contribution in [-0.2, 0) is 14.3 Å². The van der Waals surface area contributed by atoms with E-state index in [1.54, 1.807) is 21.1 Å². The van der Waals surface area contributed by atoms with Crippen molar-refractivity contribution in [2.45, 2.75) is 39.5 Å². The number of hydrogen-bond acceptors (Lipinski definition) is 3. The van der Waals surface area contributed by atoms with Gasteiger partial charge in [-0.05, 0) is 25.8 Å². The van der Waals surface area contributed by atoms with Crippen molar-refractivity contribution in [3.8, 4) is 0 Å². The Morgan fingerprint density at radius 1 is 1.14 bits per heavy atom. The minimum absolute atomic E-state index is 0.00936. The number of rotatable bonds is 8. The van der Waals surface area contributed by atoms with Crippen LogP contribution in [0.15, 0.2) is 42.0 Å². The first-order valence-electron chi connectivity index (χ1n) is 7.50. The van der Waals surface area contributed by atoms with Crippen molar-refractivity contribution >= 4 is 5.91 Å². The third-order valence-corrected chi connectivity index (χ3v) is 3.59. The molecule has 0 aliphatic heterocycles. The molecular formula is C18H27NO3. The fraction of sp³-hybridized carbons (Fsp3) is 0.500. The lowest BCUT2D eigenvalue weighted by Crippen LogP contribution is -2.40. The Morgan fingerprint density at radius 2 is 1.73 bits per heavy atom. The zero-order valence-electron chi connectivity index (χ0n) is 14.2. The second kappa shape index (κ2) is 9.38. The van der Waals surface area contributed by atoms with Crippen LogP contribution in [0.1, 0.15) is 38.8 Å². The van der Waals surface area contributed by atoms with Gasteiger partial charge in [-0.2, -0.15) is 0 Å². The predicted molar refractivity (Wildman–Crippen MR) is 88.4 cm³/mol. The molecule has 0 aliphatic carbocycles. The van der Waals surface area contributed by atoms with Gasteiger partial charge in [0.25, 0.3) is 0 Å². The summed E-state index contributed by atoms with van der Waals surface area (Å²) in [4.78, 5) is 14.0. The van der Waals surface area contributed by atoms with Crippen LogP contribution in [0.25, 0.3) is 0 Å². The van der Waals surface area contributed by atoms with Gasteiger partial charge in [0.15, 0.2) is 6.29 Å². The maximum atomic E-state index is 12.2. The van der Waals surface area contributed by atoms with Crippen molar-refractivity contribution in [2.24, 2.45) is 0 Å². The molecule has 0 heterocycles. The molecule has 1 amide bonds. The molecule has 122 valence electrons. The van der Waals surface area contributed by atoms with Gasteiger partial charge < -0.3 is 14.4 Å². The first kappa shape index (κ1) is 18.4. The van der Waals surface area contributed by atoms with Gasteiger partial charge in [0.1, 0.15) is 0 Å². The van der Waals surface area contributed by atoms with Gasteiger partial charge in [-0.15, -0.1) is 0 Å². The molecule has 0 bridgehead atoms. The van der Waals surface area contributed by atoms with Crippen LogP contribution in [0.5, 0.6) is 0 Å². The summed E-state index contributed by atoms with van der Waals surface area (Å²) in [6, 6.07) is 10.0. The lowest BCUT2D eigenvalue weighted by atomic mass is 10.0. The summed E-state index contributed by atoms with van der Waals surface area (Å²) in [5.74, 6) is 0.00936. The molecule has 1 rings (SSSR count). The van der Waals surface area contributed by atoms with Gasteiger partial charge in [-0.1, -0.05) is 42.0 Å². The first-order chi connectivity index (χ1) is 10.5. The topological polar surface area (TPSA) is 38.8 Å². The predicted octanol–water partition coefficient (Wildman–Crippen LogP) is 3.55. The summed E-state index contributed by atoms with van der Waals surface area (Å²) in [7, 11) is 3.17. The van der Waals surface area contributed by atoms with E-state index in [-0.39, 0.29) is 11.9 Å². The lowest BCUT2D eigenvalue weighted by molar-refractivity contribution is -0.147. The SMILES string of the molecule is COC(CN(C(C)=O)C(CC=C(C)C)c1ccccc1)OC. The summed E-state index contributed by atoms with van der Waals surface area (Å²) in [6.45, 7) is 6.11. The normalized spacial score (nSPS) is 12.1. The van der Waals surface area contributed by atoms with Crippen LogP contribution < -0.4 is 0 Å². The summed E-state index contributed by atoms with van der Waals surface area (Å²) in [5, 5.41) is 0. The maximum Gasteiger partial charge on any atom is 0.220 e. The van der Waals surface area contributed by atoms with Gasteiger partial charge in [-0.3, -0.25) is 4.79 Å². The zero-order valence-corrected chi connectivity index (χ0v) is 14.2. The monoisotopic (exact) mass is 305 g/mol. The molecule has 0 fully saturated rings. The fourth-order valence-electron chi connectivity index (χ4n) is 2.35. The molecule has 22 heavy (non-hydrogen) atoms. The van der Waals surface area contributed by atoms with E-state index in [1.807, 2.05) is 35.2 Å². The van der Waals surface area contributed by atoms with E-state index in [0.29, 0.717) is 6.54 Å². The Balaban J connectivity index is 3.08. The van der Waals surface area contributed by atoms with E-state index in [9.17, 15) is 4.79 Å². The summed E-state index contributed by atoms with van der Waals surface area (Å²) < 4.78 is 10.5. The number of carbonyl (C=O) groups excluding carboxylic acids is 1. The molecule has 1 atom stereocenters. The number of benzene rings is 1. The molecule has 4 nitrogen and oxygen atoms in total. The second-order valence-electron chi connectivity index (χ2n) is 5.52. The minimum atomic E-state index is -0.429. The number of amides is 1. The molecule has 1 unspecified atom stereocenters. The molecule has 0 saturated heterocycles. The van der Waals surface area contributed by atoms with Gasteiger partial charge in [0.2, 0.25) is 5.91 Å². The van der Waals surface area contributed by atoms with Gasteiger partial charge >= 0.3 is 0 Å². The van der Waals surface area contributed by atoms with Crippen LogP contribution in [0.4, 0.5) is 0 Å². The van der Waals surface area contributed by atoms with E-state index in [1.165, 1.54) is 5.57 Å². The summed E-state index contributed by atoms with van der Waals surface area (Å²) >= 11 is 0. The van der Waals surface area contributed by atoms with Crippen molar-refractivity contribution in [1.29, 1.82) is 0 Å². The van der Waals surface area contributed by atoms with Crippen LogP contribution in [-0.4, -0.2) is 37.9 Å². The van der Waals surface area contributed by atoms with Gasteiger partial charge in [-0.25, -0.2) is 0 Å². The highest BCUT2D eigenvalue weighted by molar-refractivity contribution is 5.74. The highest BCUT2D eigenvalue weighted by Gasteiger charge is 2.24. The number of methoxy groups -OCH3 is 2. The Kier molecular flexibility index (Phi) is 7.85. The van der Waals surface area contributed by atoms with E-state index in [0.717, 1.165) is 12.0 Å². The van der Waals surface area contributed by atoms with Crippen molar-refractivity contribution in [1.82, 2.24) is 4.90 Å². The number of nitrogens with zero attached hydrogens (tertiary/aromatic N) is 1. The number of hydrogen-bond donors (Lipinski definition) is 0. The third kappa shape index (κ3) is 5.62. The molecule has 0 radical (unpaired) electrons. The Morgan fingerprint density at radius 3 is 2.18 bits per heavy atom. The lowest BCUT2D eigenvalue weighted by Gasteiger charge is -2.33. The zero-order chi connectivity index (χ0) is 16.5. The number of ether oxygens (including phenoxy) is 2. The molecular weight excluding hydrogens is 278 g/mol. The fourth-order valence-corrected chi connectivity index (χ4v) is 2.35. The first-order valence-corrected chi connectivity index (χ1v) is 7.50. The van der Waals surface area contributed by atoms with Crippen molar-refractivity contribution in [3.05, 3.63) is 47.5 Å². The molecule has 0 aliphatic rings. The Hall–Kier alpha value is -1.65. The van der Waals surface area contributed by atoms with Crippen molar-refractivity contribution < 1.29 is 14.3 Å². The molecule has 4 heteroatoms. The number of carbonyl (C=O) groups is 1. The smallest absolute Gasteiger partial charge is 0.220 e. The second-order valence-corrected chi connectivity index (χ2v) is 5.52. The van der Waals surface area contributed by atoms with Crippen LogP contribution in [0.2, 0.25) is 0 Å². The molecule has 0 spiro atoms. The minimum Gasteiger partial charge on any atom is -0.354 e. The van der Waals surface area contributed by atoms with Crippen molar-refractivity contribution in [2.75, 3.05) is 20.8 Å². The maximum absolute atomic E-state index is 12.2. The highest BCUT2D eigenvalue weighted by atomic mass is 16.7. The summed E-state index contributed by atoms with van der Waals surface area (Å²) in [5.41, 5.74) is 2.35. The molecule has 1 aromatic rings. The highest BCUT2D eigenvalue weighted by Crippen LogP contribution is 2.26. The van der Waals surface area contributed by atoms with Crippen LogP contribution in [0, 0.1) is 0 Å². The van der Waals surface area contributed by atoms with Crippen LogP contribution in [0.3, 0.4) is 0 Å². The van der Waals surface area contributed by atoms with Gasteiger partial charge in [0.05, 0.1) is 12.6 Å². The standard InChI is InChI=1S/C18H27NO3/c1-14(2)11-12-17(16-9-7-6-8-10-16)19(15(3)20)13-18(21-4)22-5/h6-11,17-18H,12-13H2,1-5H3. The van der Waals surface area contributed by atoms with E-state index >= 15 is 0 Å². The molecule has 1 aromatic carbocycles. The van der Waals surface area contributed by atoms with Crippen LogP contribution >= 0.6 is 0 Å². The van der Waals surface area contributed by atoms with Crippen molar-refractivity contribution in [3.63, 3.8) is 0 Å².